The normalized spacial score (nSPS) is 37.4. The summed E-state index contributed by atoms with van der Waals surface area (Å²) in [6, 6.07) is 0. The van der Waals surface area contributed by atoms with Crippen LogP contribution < -0.4 is 18.9 Å². The zero-order valence-corrected chi connectivity index (χ0v) is 9.67. The van der Waals surface area contributed by atoms with Crippen molar-refractivity contribution in [1.82, 2.24) is 0 Å². The van der Waals surface area contributed by atoms with Crippen molar-refractivity contribution in [3.63, 3.8) is 0 Å². The summed E-state index contributed by atoms with van der Waals surface area (Å²) >= 11 is 0. The largest absolute Gasteiger partial charge is 1.00 e. The molecule has 0 N–H and O–H groups in total. The average molecular weight is 232 g/mol. The molecule has 3 heteroatoms. The van der Waals surface area contributed by atoms with E-state index in [1.165, 1.54) is 19.3 Å². The summed E-state index contributed by atoms with van der Waals surface area (Å²) in [6.07, 6.45) is 9.31. The van der Waals surface area contributed by atoms with Crippen LogP contribution in [0, 0.1) is 35.5 Å². The minimum atomic E-state index is 0. The van der Waals surface area contributed by atoms with E-state index in [1.807, 2.05) is 5.92 Å². The van der Waals surface area contributed by atoms with Crippen LogP contribution in [0.1, 0.15) is 38.5 Å². The third-order valence-corrected chi connectivity index (χ3v) is 3.73. The van der Waals surface area contributed by atoms with Crippen LogP contribution in [-0.2, 0) is 17.1 Å². The Hall–Kier alpha value is 0.607. The average Bonchev–Trinajstić information content (AvgIpc) is 2.05. The molecular weight excluding hydrogens is 217 g/mol. The van der Waals surface area contributed by atoms with Gasteiger partial charge in [-0.1, -0.05) is 37.0 Å². The van der Waals surface area contributed by atoms with Gasteiger partial charge < -0.3 is 17.8 Å². The van der Waals surface area contributed by atoms with Crippen molar-refractivity contribution in [1.29, 1.82) is 5.26 Å². The minimum Gasteiger partial charge on any atom is -0.512 e. The van der Waals surface area contributed by atoms with Crippen LogP contribution in [0.5, 0.6) is 0 Å². The molecule has 1 nitrogen and oxygen atoms in total. The summed E-state index contributed by atoms with van der Waals surface area (Å²) in [5, 5.41) is 6.25. The van der Waals surface area contributed by atoms with E-state index >= 15 is 0 Å². The summed E-state index contributed by atoms with van der Waals surface area (Å²) in [6.45, 7) is 4.75. The molecule has 0 spiro atoms. The van der Waals surface area contributed by atoms with Crippen molar-refractivity contribution in [2.75, 3.05) is 0 Å². The quantitative estimate of drug-likeness (QED) is 0.422. The van der Waals surface area contributed by atoms with Crippen molar-refractivity contribution >= 4 is 0 Å². The van der Waals surface area contributed by atoms with Gasteiger partial charge in [0.25, 0.3) is 0 Å². The number of nitrogens with zero attached hydrogens (tertiary/aromatic N) is 1. The molecule has 4 aliphatic carbocycles. The Morgan fingerprint density at radius 1 is 0.857 bits per heavy atom. The van der Waals surface area contributed by atoms with Crippen LogP contribution in [0.4, 0.5) is 0 Å². The van der Waals surface area contributed by atoms with Crippen LogP contribution in [0.25, 0.3) is 0 Å². The Bertz CT molecular complexity index is 136. The molecule has 4 aliphatic rings. The van der Waals surface area contributed by atoms with Gasteiger partial charge in [0.05, 0.1) is 0 Å². The van der Waals surface area contributed by atoms with Gasteiger partial charge in [-0.05, 0) is 0 Å². The second-order valence-corrected chi connectivity index (χ2v) is 4.67. The molecule has 4 bridgehead atoms. The van der Waals surface area contributed by atoms with Gasteiger partial charge in [-0.25, -0.2) is 0 Å². The van der Waals surface area contributed by atoms with Gasteiger partial charge >= 0.3 is 35.9 Å². The second kappa shape index (κ2) is 6.25. The SMILES string of the molecule is C1[C-]2CC3CC1CC(C2)C3.[C-]#N.[Cu+].[Li+]. The van der Waals surface area contributed by atoms with E-state index in [2.05, 4.69) is 0 Å². The molecule has 4 fully saturated rings. The summed E-state index contributed by atoms with van der Waals surface area (Å²) in [5.74, 6) is 5.35. The molecule has 4 saturated carbocycles. The van der Waals surface area contributed by atoms with Crippen LogP contribution in [0.3, 0.4) is 0 Å². The Kier molecular flexibility index (Phi) is 6.52. The predicted octanol–water partition coefficient (Wildman–Crippen LogP) is -0.111. The van der Waals surface area contributed by atoms with Gasteiger partial charge in [0.15, 0.2) is 0 Å². The summed E-state index contributed by atoms with van der Waals surface area (Å²) in [4.78, 5) is 0. The van der Waals surface area contributed by atoms with Crippen LogP contribution in [0.2, 0.25) is 0 Å². The second-order valence-electron chi connectivity index (χ2n) is 4.67. The molecule has 0 atom stereocenters. The smallest absolute Gasteiger partial charge is 0.512 e. The first-order chi connectivity index (χ1) is 5.90. The molecule has 0 radical (unpaired) electrons. The van der Waals surface area contributed by atoms with E-state index in [4.69, 9.17) is 11.8 Å². The van der Waals surface area contributed by atoms with Gasteiger partial charge in [0.2, 0.25) is 0 Å². The first-order valence-electron chi connectivity index (χ1n) is 4.96. The van der Waals surface area contributed by atoms with Crippen molar-refractivity contribution in [3.8, 4) is 0 Å². The van der Waals surface area contributed by atoms with Gasteiger partial charge in [-0.15, -0.1) is 0 Å². The predicted molar refractivity (Wildman–Crippen MR) is 46.4 cm³/mol. The maximum Gasteiger partial charge on any atom is 1.00 e. The molecule has 0 heterocycles. The van der Waals surface area contributed by atoms with E-state index in [0.29, 0.717) is 0 Å². The molecule has 0 aliphatic heterocycles. The Morgan fingerprint density at radius 2 is 1.14 bits per heavy atom. The molecule has 0 aromatic carbocycles. The summed E-state index contributed by atoms with van der Waals surface area (Å²) in [5.41, 5.74) is 0. The molecule has 0 aromatic heterocycles. The standard InChI is InChI=1S/C10H15.CN.Cu.Li/c1-7-2-9-4-8(1)5-10(3-7)6-9;1-2;;/h7-9H,1-6H2;;;/q2*-1;2*+1. The zero-order chi connectivity index (χ0) is 8.55. The maximum atomic E-state index is 6.25. The van der Waals surface area contributed by atoms with Crippen molar-refractivity contribution in [2.45, 2.75) is 38.5 Å². The Labute approximate surface area is 110 Å². The Morgan fingerprint density at radius 3 is 1.36 bits per heavy atom. The van der Waals surface area contributed by atoms with Crippen LogP contribution in [-0.4, -0.2) is 0 Å². The number of hydrogen-bond donors (Lipinski definition) is 0. The fourth-order valence-corrected chi connectivity index (χ4v) is 3.68. The summed E-state index contributed by atoms with van der Waals surface area (Å²) in [7, 11) is 0. The molecule has 0 unspecified atom stereocenters. The van der Waals surface area contributed by atoms with Crippen LogP contribution in [0.15, 0.2) is 0 Å². The third kappa shape index (κ3) is 2.80. The molecule has 14 heavy (non-hydrogen) atoms. The molecule has 76 valence electrons. The molecular formula is C11H15CuLiN. The molecule has 4 rings (SSSR count). The van der Waals surface area contributed by atoms with Gasteiger partial charge in [-0.2, -0.15) is 19.3 Å². The third-order valence-electron chi connectivity index (χ3n) is 3.73. The first-order valence-corrected chi connectivity index (χ1v) is 4.96. The van der Waals surface area contributed by atoms with Crippen molar-refractivity contribution in [3.05, 3.63) is 12.5 Å². The van der Waals surface area contributed by atoms with E-state index in [-0.39, 0.29) is 35.9 Å². The monoisotopic (exact) mass is 231 g/mol. The van der Waals surface area contributed by atoms with Gasteiger partial charge in [-0.3, -0.25) is 0 Å². The van der Waals surface area contributed by atoms with Gasteiger partial charge in [0, 0.05) is 0 Å². The Balaban J connectivity index is 0.000000401. The molecule has 0 aromatic rings. The van der Waals surface area contributed by atoms with Crippen molar-refractivity contribution in [2.24, 2.45) is 17.8 Å². The number of rotatable bonds is 0. The molecule has 0 saturated heterocycles. The van der Waals surface area contributed by atoms with E-state index < -0.39 is 0 Å². The van der Waals surface area contributed by atoms with Crippen molar-refractivity contribution < 1.29 is 35.9 Å². The minimum absolute atomic E-state index is 0. The molecule has 0 amide bonds. The fraction of sp³-hybridized carbons (Fsp3) is 0.818. The van der Waals surface area contributed by atoms with E-state index in [0.717, 1.165) is 17.8 Å². The van der Waals surface area contributed by atoms with Gasteiger partial charge in [0.1, 0.15) is 0 Å². The zero-order valence-electron chi connectivity index (χ0n) is 8.72. The van der Waals surface area contributed by atoms with E-state index in [1.54, 1.807) is 19.3 Å². The first kappa shape index (κ1) is 14.6. The fourth-order valence-electron chi connectivity index (χ4n) is 3.68. The number of hydrogen-bond acceptors (Lipinski definition) is 1. The van der Waals surface area contributed by atoms with E-state index in [9.17, 15) is 0 Å². The maximum absolute atomic E-state index is 6.25. The topological polar surface area (TPSA) is 23.8 Å². The van der Waals surface area contributed by atoms with Crippen LogP contribution >= 0.6 is 0 Å². The summed E-state index contributed by atoms with van der Waals surface area (Å²) < 4.78 is 0.